The summed E-state index contributed by atoms with van der Waals surface area (Å²) >= 11 is 0. The fourth-order valence-electron chi connectivity index (χ4n) is 3.15. The minimum atomic E-state index is -0.286. The van der Waals surface area contributed by atoms with Gasteiger partial charge in [-0.3, -0.25) is 9.59 Å². The first-order chi connectivity index (χ1) is 12.9. The van der Waals surface area contributed by atoms with Crippen LogP contribution in [-0.4, -0.2) is 17.4 Å². The van der Waals surface area contributed by atoms with E-state index >= 15 is 0 Å². The van der Waals surface area contributed by atoms with Crippen LogP contribution in [0.2, 0.25) is 0 Å². The molecule has 2 aromatic carbocycles. The summed E-state index contributed by atoms with van der Waals surface area (Å²) in [5.74, 6) is -0.372. The van der Waals surface area contributed by atoms with Crippen molar-refractivity contribution in [3.8, 4) is 0 Å². The highest BCUT2D eigenvalue weighted by Crippen LogP contribution is 2.19. The topological polar surface area (TPSA) is 62.0 Å². The highest BCUT2D eigenvalue weighted by Gasteiger charge is 2.11. The van der Waals surface area contributed by atoms with Gasteiger partial charge in [0, 0.05) is 24.0 Å². The fourth-order valence-corrected chi connectivity index (χ4v) is 3.15. The zero-order valence-corrected chi connectivity index (χ0v) is 15.5. The number of amides is 1. The minimum Gasteiger partial charge on any atom is -0.356 e. The third-order valence-corrected chi connectivity index (χ3v) is 4.72. The number of nitrogens with one attached hydrogen (secondary N) is 2. The van der Waals surface area contributed by atoms with E-state index in [-0.39, 0.29) is 23.2 Å². The number of aromatic nitrogens is 1. The van der Waals surface area contributed by atoms with Gasteiger partial charge in [0.05, 0.1) is 0 Å². The average molecular weight is 366 g/mol. The summed E-state index contributed by atoms with van der Waals surface area (Å²) in [5, 5.41) is 3.85. The van der Waals surface area contributed by atoms with Crippen LogP contribution in [0.1, 0.15) is 36.0 Å². The SMILES string of the molecule is Cc1ccc2[nH]c(=O)c(CCNC(=O)CC(C)c3ccc(F)cc3)cc2c1. The van der Waals surface area contributed by atoms with Gasteiger partial charge in [-0.2, -0.15) is 0 Å². The fraction of sp³-hybridized carbons (Fsp3) is 0.273. The van der Waals surface area contributed by atoms with E-state index in [4.69, 9.17) is 0 Å². The lowest BCUT2D eigenvalue weighted by Gasteiger charge is -2.12. The Bertz CT molecular complexity index is 1010. The molecule has 3 rings (SSSR count). The summed E-state index contributed by atoms with van der Waals surface area (Å²) in [6, 6.07) is 14.0. The van der Waals surface area contributed by atoms with Crippen molar-refractivity contribution in [2.75, 3.05) is 6.54 Å². The lowest BCUT2D eigenvalue weighted by atomic mass is 9.97. The molecule has 3 aromatic rings. The first-order valence-corrected chi connectivity index (χ1v) is 9.07. The molecule has 5 heteroatoms. The summed E-state index contributed by atoms with van der Waals surface area (Å²) in [6.45, 7) is 4.34. The van der Waals surface area contributed by atoms with Gasteiger partial charge in [-0.05, 0) is 60.5 Å². The number of benzene rings is 2. The van der Waals surface area contributed by atoms with Crippen molar-refractivity contribution < 1.29 is 9.18 Å². The molecule has 0 aliphatic rings. The summed E-state index contributed by atoms with van der Waals surface area (Å²) in [5.41, 5.74) is 3.39. The predicted octanol–water partition coefficient (Wildman–Crippen LogP) is 3.83. The number of carbonyl (C=O) groups excluding carboxylic acids is 1. The van der Waals surface area contributed by atoms with E-state index in [1.807, 2.05) is 38.1 Å². The Morgan fingerprint density at radius 2 is 1.89 bits per heavy atom. The van der Waals surface area contributed by atoms with Crippen molar-refractivity contribution >= 4 is 16.8 Å². The lowest BCUT2D eigenvalue weighted by Crippen LogP contribution is -2.28. The normalized spacial score (nSPS) is 12.1. The number of hydrogen-bond donors (Lipinski definition) is 2. The van der Waals surface area contributed by atoms with Crippen molar-refractivity contribution in [2.45, 2.75) is 32.6 Å². The van der Waals surface area contributed by atoms with Gasteiger partial charge in [0.2, 0.25) is 5.91 Å². The molecule has 1 amide bonds. The lowest BCUT2D eigenvalue weighted by molar-refractivity contribution is -0.121. The summed E-state index contributed by atoms with van der Waals surface area (Å²) in [6.07, 6.45) is 0.786. The van der Waals surface area contributed by atoms with E-state index in [9.17, 15) is 14.0 Å². The van der Waals surface area contributed by atoms with E-state index in [2.05, 4.69) is 10.3 Å². The van der Waals surface area contributed by atoms with Crippen LogP contribution in [0.4, 0.5) is 4.39 Å². The highest BCUT2D eigenvalue weighted by atomic mass is 19.1. The van der Waals surface area contributed by atoms with Gasteiger partial charge >= 0.3 is 0 Å². The van der Waals surface area contributed by atoms with Crippen LogP contribution in [0.5, 0.6) is 0 Å². The van der Waals surface area contributed by atoms with Gasteiger partial charge in [0.1, 0.15) is 5.82 Å². The van der Waals surface area contributed by atoms with Crippen molar-refractivity contribution in [3.05, 3.63) is 81.4 Å². The van der Waals surface area contributed by atoms with Gasteiger partial charge < -0.3 is 10.3 Å². The Morgan fingerprint density at radius 1 is 1.15 bits per heavy atom. The number of hydrogen-bond acceptors (Lipinski definition) is 2. The van der Waals surface area contributed by atoms with E-state index in [0.29, 0.717) is 24.9 Å². The molecule has 0 saturated carbocycles. The zero-order valence-electron chi connectivity index (χ0n) is 15.5. The predicted molar refractivity (Wildman–Crippen MR) is 105 cm³/mol. The van der Waals surface area contributed by atoms with Crippen LogP contribution >= 0.6 is 0 Å². The maximum Gasteiger partial charge on any atom is 0.251 e. The van der Waals surface area contributed by atoms with Crippen molar-refractivity contribution in [3.63, 3.8) is 0 Å². The molecular weight excluding hydrogens is 343 g/mol. The van der Waals surface area contributed by atoms with Crippen LogP contribution in [0, 0.1) is 12.7 Å². The second kappa shape index (κ2) is 8.16. The maximum atomic E-state index is 13.0. The quantitative estimate of drug-likeness (QED) is 0.696. The molecule has 0 saturated heterocycles. The van der Waals surface area contributed by atoms with Crippen LogP contribution in [0.25, 0.3) is 10.9 Å². The molecule has 27 heavy (non-hydrogen) atoms. The standard InChI is InChI=1S/C22H23FN2O2/c1-14-3-8-20-18(11-14)13-17(22(27)25-20)9-10-24-21(26)12-15(2)16-4-6-19(23)7-5-16/h3-8,11,13,15H,9-10,12H2,1-2H3,(H,24,26)(H,25,27). The van der Waals surface area contributed by atoms with Crippen LogP contribution in [0.15, 0.2) is 53.3 Å². The molecule has 1 unspecified atom stereocenters. The Kier molecular flexibility index (Phi) is 5.69. The van der Waals surface area contributed by atoms with Crippen molar-refractivity contribution in [2.24, 2.45) is 0 Å². The minimum absolute atomic E-state index is 0.00218. The highest BCUT2D eigenvalue weighted by molar-refractivity contribution is 5.79. The largest absolute Gasteiger partial charge is 0.356 e. The number of aryl methyl sites for hydroxylation is 1. The Hall–Kier alpha value is -2.95. The summed E-state index contributed by atoms with van der Waals surface area (Å²) < 4.78 is 13.0. The summed E-state index contributed by atoms with van der Waals surface area (Å²) in [7, 11) is 0. The molecular formula is C22H23FN2O2. The molecule has 4 nitrogen and oxygen atoms in total. The van der Waals surface area contributed by atoms with E-state index in [0.717, 1.165) is 22.0 Å². The van der Waals surface area contributed by atoms with E-state index in [1.54, 1.807) is 12.1 Å². The molecule has 140 valence electrons. The number of H-pyrrole nitrogens is 1. The third kappa shape index (κ3) is 4.82. The molecule has 0 spiro atoms. The zero-order chi connectivity index (χ0) is 19.4. The van der Waals surface area contributed by atoms with Gasteiger partial charge in [-0.25, -0.2) is 4.39 Å². The molecule has 2 N–H and O–H groups in total. The second-order valence-electron chi connectivity index (χ2n) is 6.97. The van der Waals surface area contributed by atoms with Crippen LogP contribution in [0.3, 0.4) is 0 Å². The van der Waals surface area contributed by atoms with Gasteiger partial charge in [0.15, 0.2) is 0 Å². The molecule has 0 aliphatic carbocycles. The van der Waals surface area contributed by atoms with Crippen molar-refractivity contribution in [1.29, 1.82) is 0 Å². The average Bonchev–Trinajstić information content (AvgIpc) is 2.63. The molecule has 0 aliphatic heterocycles. The van der Waals surface area contributed by atoms with Gasteiger partial charge in [-0.1, -0.05) is 30.7 Å². The van der Waals surface area contributed by atoms with Crippen molar-refractivity contribution in [1.82, 2.24) is 10.3 Å². The molecule has 0 bridgehead atoms. The molecule has 1 heterocycles. The number of pyridine rings is 1. The number of fused-ring (bicyclic) bond motifs is 1. The first-order valence-electron chi connectivity index (χ1n) is 9.07. The Balaban J connectivity index is 1.56. The van der Waals surface area contributed by atoms with E-state index < -0.39 is 0 Å². The van der Waals surface area contributed by atoms with Crippen LogP contribution < -0.4 is 10.9 Å². The Labute approximate surface area is 157 Å². The monoisotopic (exact) mass is 366 g/mol. The number of rotatable bonds is 6. The van der Waals surface area contributed by atoms with E-state index in [1.165, 1.54) is 12.1 Å². The molecule has 1 aromatic heterocycles. The smallest absolute Gasteiger partial charge is 0.251 e. The second-order valence-corrected chi connectivity index (χ2v) is 6.97. The summed E-state index contributed by atoms with van der Waals surface area (Å²) in [4.78, 5) is 27.2. The third-order valence-electron chi connectivity index (χ3n) is 4.72. The molecule has 0 fully saturated rings. The molecule has 0 radical (unpaired) electrons. The molecule has 1 atom stereocenters. The Morgan fingerprint density at radius 3 is 2.63 bits per heavy atom. The number of aromatic amines is 1. The van der Waals surface area contributed by atoms with Gasteiger partial charge in [-0.15, -0.1) is 0 Å². The maximum absolute atomic E-state index is 13.0. The number of halogens is 1. The number of carbonyl (C=O) groups is 1. The van der Waals surface area contributed by atoms with Crippen LogP contribution in [-0.2, 0) is 11.2 Å². The first kappa shape index (κ1) is 18.8. The van der Waals surface area contributed by atoms with Gasteiger partial charge in [0.25, 0.3) is 5.56 Å².